The largest absolute Gasteiger partial charge is 0.352 e. The summed E-state index contributed by atoms with van der Waals surface area (Å²) < 4.78 is 29.3. The third kappa shape index (κ3) is 7.41. The van der Waals surface area contributed by atoms with Crippen LogP contribution in [0.25, 0.3) is 0 Å². The Morgan fingerprint density at radius 1 is 1.00 bits per heavy atom. The zero-order valence-electron chi connectivity index (χ0n) is 21.6. The lowest BCUT2D eigenvalue weighted by Crippen LogP contribution is -2.52. The van der Waals surface area contributed by atoms with Crippen LogP contribution in [0.3, 0.4) is 0 Å². The smallest absolute Gasteiger partial charge is 0.264 e. The molecule has 3 aromatic carbocycles. The van der Waals surface area contributed by atoms with Gasteiger partial charge in [0, 0.05) is 22.1 Å². The molecule has 2 amide bonds. The Morgan fingerprint density at radius 3 is 2.31 bits per heavy atom. The highest BCUT2D eigenvalue weighted by atomic mass is 79.9. The fourth-order valence-electron chi connectivity index (χ4n) is 4.64. The summed E-state index contributed by atoms with van der Waals surface area (Å²) in [5.74, 6) is -0.761. The van der Waals surface area contributed by atoms with Gasteiger partial charge in [0.05, 0.1) is 10.6 Å². The molecule has 1 fully saturated rings. The molecule has 1 aliphatic carbocycles. The van der Waals surface area contributed by atoms with Gasteiger partial charge < -0.3 is 10.2 Å². The van der Waals surface area contributed by atoms with Gasteiger partial charge in [-0.05, 0) is 67.8 Å². The van der Waals surface area contributed by atoms with Gasteiger partial charge in [-0.25, -0.2) is 8.42 Å². The van der Waals surface area contributed by atoms with Crippen LogP contribution in [0.1, 0.15) is 38.2 Å². The van der Waals surface area contributed by atoms with Crippen molar-refractivity contribution in [2.24, 2.45) is 0 Å². The normalized spacial score (nSPS) is 14.5. The number of carbonyl (C=O) groups is 2. The monoisotopic (exact) mass is 631 g/mol. The highest BCUT2D eigenvalue weighted by molar-refractivity contribution is 9.10. The zero-order valence-corrected chi connectivity index (χ0v) is 24.8. The Morgan fingerprint density at radius 2 is 1.67 bits per heavy atom. The molecule has 0 saturated heterocycles. The number of sulfonamides is 1. The van der Waals surface area contributed by atoms with E-state index in [2.05, 4.69) is 21.2 Å². The summed E-state index contributed by atoms with van der Waals surface area (Å²) in [6.45, 7) is 1.31. The Labute approximate surface area is 243 Å². The van der Waals surface area contributed by atoms with Gasteiger partial charge in [-0.1, -0.05) is 76.8 Å². The van der Waals surface area contributed by atoms with E-state index >= 15 is 0 Å². The molecule has 0 aliphatic heterocycles. The van der Waals surface area contributed by atoms with E-state index in [0.29, 0.717) is 15.2 Å². The predicted octanol–water partition coefficient (Wildman–Crippen LogP) is 5.77. The minimum Gasteiger partial charge on any atom is -0.352 e. The molecule has 10 heteroatoms. The highest BCUT2D eigenvalue weighted by Crippen LogP contribution is 2.27. The molecule has 206 valence electrons. The van der Waals surface area contributed by atoms with Crippen LogP contribution in [-0.4, -0.2) is 43.8 Å². The van der Waals surface area contributed by atoms with Crippen molar-refractivity contribution in [2.45, 2.75) is 56.1 Å². The lowest BCUT2D eigenvalue weighted by Gasteiger charge is -2.32. The van der Waals surface area contributed by atoms with Crippen LogP contribution < -0.4 is 9.62 Å². The molecule has 0 spiro atoms. The summed E-state index contributed by atoms with van der Waals surface area (Å²) in [4.78, 5) is 28.7. The summed E-state index contributed by atoms with van der Waals surface area (Å²) in [5, 5.41) is 3.62. The van der Waals surface area contributed by atoms with Crippen LogP contribution in [0.5, 0.6) is 0 Å². The van der Waals surface area contributed by atoms with Gasteiger partial charge in [0.2, 0.25) is 11.8 Å². The third-order valence-corrected chi connectivity index (χ3v) is 9.37. The molecule has 39 heavy (non-hydrogen) atoms. The van der Waals surface area contributed by atoms with Crippen molar-refractivity contribution in [3.05, 3.63) is 93.9 Å². The number of hydrogen-bond donors (Lipinski definition) is 1. The standard InChI is InChI=1S/C29H31BrClN3O4S/c1-21(29(36)32-25-9-5-6-10-25)33(19-22-14-16-24(31)17-15-22)28(35)20-34(26-11-7-8-23(30)18-26)39(37,38)27-12-3-2-4-13-27/h2-4,7-8,11-18,21,25H,5-6,9-10,19-20H2,1H3,(H,32,36). The molecular formula is C29H31BrClN3O4S. The Bertz CT molecular complexity index is 1400. The van der Waals surface area contributed by atoms with Gasteiger partial charge in [0.25, 0.3) is 10.0 Å². The maximum absolute atomic E-state index is 13.9. The van der Waals surface area contributed by atoms with Crippen molar-refractivity contribution in [1.82, 2.24) is 10.2 Å². The Kier molecular flexibility index (Phi) is 9.69. The summed E-state index contributed by atoms with van der Waals surface area (Å²) in [6, 6.07) is 21.0. The van der Waals surface area contributed by atoms with Gasteiger partial charge in [-0.2, -0.15) is 0 Å². The van der Waals surface area contributed by atoms with Crippen LogP contribution in [0, 0.1) is 0 Å². The van der Waals surface area contributed by atoms with Crippen LogP contribution in [0.15, 0.2) is 88.2 Å². The fourth-order valence-corrected chi connectivity index (χ4v) is 6.58. The van der Waals surface area contributed by atoms with Crippen molar-refractivity contribution in [3.63, 3.8) is 0 Å². The highest BCUT2D eigenvalue weighted by Gasteiger charge is 2.33. The van der Waals surface area contributed by atoms with Gasteiger partial charge >= 0.3 is 0 Å². The molecule has 0 radical (unpaired) electrons. The molecule has 1 atom stereocenters. The van der Waals surface area contributed by atoms with Crippen molar-refractivity contribution in [1.29, 1.82) is 0 Å². The average molecular weight is 633 g/mol. The quantitative estimate of drug-likeness (QED) is 0.307. The average Bonchev–Trinajstić information content (AvgIpc) is 3.44. The van der Waals surface area contributed by atoms with Crippen LogP contribution in [0.4, 0.5) is 5.69 Å². The topological polar surface area (TPSA) is 86.8 Å². The van der Waals surface area contributed by atoms with E-state index in [1.54, 1.807) is 73.7 Å². The molecule has 0 bridgehead atoms. The number of anilines is 1. The number of carbonyl (C=O) groups excluding carboxylic acids is 2. The van der Waals surface area contributed by atoms with E-state index < -0.39 is 28.5 Å². The molecule has 1 aliphatic rings. The number of amides is 2. The van der Waals surface area contributed by atoms with E-state index in [4.69, 9.17) is 11.6 Å². The van der Waals surface area contributed by atoms with Crippen molar-refractivity contribution in [3.8, 4) is 0 Å². The van der Waals surface area contributed by atoms with E-state index in [0.717, 1.165) is 35.6 Å². The van der Waals surface area contributed by atoms with Crippen LogP contribution in [0.2, 0.25) is 5.02 Å². The first-order valence-electron chi connectivity index (χ1n) is 12.8. The van der Waals surface area contributed by atoms with Gasteiger partial charge in [0.1, 0.15) is 12.6 Å². The number of nitrogens with zero attached hydrogens (tertiary/aromatic N) is 2. The molecule has 0 heterocycles. The summed E-state index contributed by atoms with van der Waals surface area (Å²) in [6.07, 6.45) is 3.95. The minimum atomic E-state index is -4.10. The molecule has 1 unspecified atom stereocenters. The summed E-state index contributed by atoms with van der Waals surface area (Å²) >= 11 is 9.46. The number of rotatable bonds is 10. The van der Waals surface area contributed by atoms with Gasteiger partial charge in [-0.3, -0.25) is 13.9 Å². The first kappa shape index (κ1) is 29.1. The van der Waals surface area contributed by atoms with Crippen LogP contribution in [-0.2, 0) is 26.2 Å². The van der Waals surface area contributed by atoms with Crippen molar-refractivity contribution < 1.29 is 18.0 Å². The number of hydrogen-bond acceptors (Lipinski definition) is 4. The summed E-state index contributed by atoms with van der Waals surface area (Å²) in [7, 11) is -4.10. The lowest BCUT2D eigenvalue weighted by molar-refractivity contribution is -0.139. The second kappa shape index (κ2) is 13.0. The van der Waals surface area contributed by atoms with E-state index in [9.17, 15) is 18.0 Å². The Balaban J connectivity index is 1.67. The minimum absolute atomic E-state index is 0.0639. The SMILES string of the molecule is CC(C(=O)NC1CCCC1)N(Cc1ccc(Cl)cc1)C(=O)CN(c1cccc(Br)c1)S(=O)(=O)c1ccccc1. The van der Waals surface area contributed by atoms with E-state index in [1.165, 1.54) is 17.0 Å². The lowest BCUT2D eigenvalue weighted by atomic mass is 10.1. The second-order valence-electron chi connectivity index (χ2n) is 9.62. The molecule has 4 rings (SSSR count). The first-order valence-corrected chi connectivity index (χ1v) is 15.4. The zero-order chi connectivity index (χ0) is 28.0. The summed E-state index contributed by atoms with van der Waals surface area (Å²) in [5.41, 5.74) is 1.10. The number of benzene rings is 3. The number of halogens is 2. The fraction of sp³-hybridized carbons (Fsp3) is 0.310. The van der Waals surface area contributed by atoms with Crippen LogP contribution >= 0.6 is 27.5 Å². The van der Waals surface area contributed by atoms with Gasteiger partial charge in [0.15, 0.2) is 0 Å². The van der Waals surface area contributed by atoms with Gasteiger partial charge in [-0.15, -0.1) is 0 Å². The number of nitrogens with one attached hydrogen (secondary N) is 1. The molecule has 7 nitrogen and oxygen atoms in total. The maximum atomic E-state index is 13.9. The molecule has 1 N–H and O–H groups in total. The second-order valence-corrected chi connectivity index (χ2v) is 12.8. The van der Waals surface area contributed by atoms with Crippen molar-refractivity contribution >= 4 is 55.1 Å². The van der Waals surface area contributed by atoms with E-state index in [1.807, 2.05) is 0 Å². The molecule has 1 saturated carbocycles. The third-order valence-electron chi connectivity index (χ3n) is 6.84. The maximum Gasteiger partial charge on any atom is 0.264 e. The van der Waals surface area contributed by atoms with E-state index in [-0.39, 0.29) is 23.4 Å². The van der Waals surface area contributed by atoms with Crippen molar-refractivity contribution in [2.75, 3.05) is 10.8 Å². The predicted molar refractivity (Wildman–Crippen MR) is 157 cm³/mol. The molecular weight excluding hydrogens is 602 g/mol. The first-order chi connectivity index (χ1) is 18.6. The Hall–Kier alpha value is -2.88. The molecule has 3 aromatic rings. The molecule has 0 aromatic heterocycles.